The molecule has 0 fully saturated rings. The van der Waals surface area contributed by atoms with Crippen molar-refractivity contribution in [3.05, 3.63) is 34.8 Å². The molecule has 2 rings (SSSR count). The molecule has 2 heteroatoms. The Bertz CT molecular complexity index is 291. The lowest BCUT2D eigenvalue weighted by molar-refractivity contribution is 1.38. The van der Waals surface area contributed by atoms with Crippen molar-refractivity contribution in [1.82, 2.24) is 0 Å². The van der Waals surface area contributed by atoms with Crippen molar-refractivity contribution in [2.24, 2.45) is 0 Å². The first-order chi connectivity index (χ1) is 4.90. The standard InChI is InChI=1S/C8H5NS/c9-5-7-4-6-2-1-3-8(6)10-7/h1-4,7H. The number of fused-ring (bicyclic) bond motifs is 1. The van der Waals surface area contributed by atoms with Crippen molar-refractivity contribution in [1.29, 1.82) is 5.26 Å². The summed E-state index contributed by atoms with van der Waals surface area (Å²) < 4.78 is 0. The predicted octanol–water partition coefficient (Wildman–Crippen LogP) is 2.01. The average Bonchev–Trinajstić information content (AvgIpc) is 2.42. The molecule has 1 heterocycles. The second-order valence-electron chi connectivity index (χ2n) is 2.18. The Kier molecular flexibility index (Phi) is 1.18. The molecule has 0 aromatic rings. The minimum Gasteiger partial charge on any atom is -0.197 e. The van der Waals surface area contributed by atoms with Crippen LogP contribution in [0.1, 0.15) is 0 Å². The van der Waals surface area contributed by atoms with E-state index >= 15 is 0 Å². The molecule has 0 bridgehead atoms. The molecule has 0 radical (unpaired) electrons. The molecule has 1 atom stereocenters. The zero-order valence-corrected chi connectivity index (χ0v) is 6.06. The maximum Gasteiger partial charge on any atom is 0.115 e. The number of nitrogens with zero attached hydrogens (tertiary/aromatic N) is 1. The molecule has 2 aliphatic rings. The van der Waals surface area contributed by atoms with Gasteiger partial charge >= 0.3 is 0 Å². The van der Waals surface area contributed by atoms with Gasteiger partial charge < -0.3 is 0 Å². The van der Waals surface area contributed by atoms with Crippen LogP contribution in [-0.4, -0.2) is 5.25 Å². The summed E-state index contributed by atoms with van der Waals surface area (Å²) >= 11 is 1.63. The van der Waals surface area contributed by atoms with Crippen LogP contribution in [0.15, 0.2) is 34.8 Å². The highest BCUT2D eigenvalue weighted by molar-refractivity contribution is 8.04. The Hall–Kier alpha value is -0.940. The fourth-order valence-electron chi connectivity index (χ4n) is 1.06. The molecule has 0 spiro atoms. The number of nitriles is 1. The second kappa shape index (κ2) is 2.03. The van der Waals surface area contributed by atoms with E-state index in [-0.39, 0.29) is 5.25 Å². The first-order valence-corrected chi connectivity index (χ1v) is 3.95. The Balaban J connectivity index is 2.35. The molecule has 0 amide bonds. The minimum absolute atomic E-state index is 0.0474. The molecule has 1 nitrogen and oxygen atoms in total. The summed E-state index contributed by atoms with van der Waals surface area (Å²) in [6.07, 6.45) is 8.11. The quantitative estimate of drug-likeness (QED) is 0.523. The highest BCUT2D eigenvalue weighted by atomic mass is 32.2. The smallest absolute Gasteiger partial charge is 0.115 e. The summed E-state index contributed by atoms with van der Waals surface area (Å²) in [6, 6.07) is 2.20. The molecule has 1 unspecified atom stereocenters. The Morgan fingerprint density at radius 1 is 1.60 bits per heavy atom. The van der Waals surface area contributed by atoms with Gasteiger partial charge in [0.1, 0.15) is 5.25 Å². The third kappa shape index (κ3) is 0.714. The van der Waals surface area contributed by atoms with Gasteiger partial charge in [0, 0.05) is 4.91 Å². The SMILES string of the molecule is N#CC1C=C2C=CC=C2S1. The van der Waals surface area contributed by atoms with Crippen LogP contribution < -0.4 is 0 Å². The number of thioether (sulfide) groups is 1. The van der Waals surface area contributed by atoms with E-state index in [0.717, 1.165) is 0 Å². The largest absolute Gasteiger partial charge is 0.197 e. The van der Waals surface area contributed by atoms with Gasteiger partial charge in [-0.3, -0.25) is 0 Å². The maximum absolute atomic E-state index is 8.55. The van der Waals surface area contributed by atoms with Crippen molar-refractivity contribution in [3.63, 3.8) is 0 Å². The van der Waals surface area contributed by atoms with Gasteiger partial charge in [-0.25, -0.2) is 0 Å². The fraction of sp³-hybridized carbons (Fsp3) is 0.125. The second-order valence-corrected chi connectivity index (χ2v) is 3.36. The van der Waals surface area contributed by atoms with Crippen molar-refractivity contribution in [2.45, 2.75) is 5.25 Å². The Labute approximate surface area is 63.7 Å². The number of rotatable bonds is 0. The van der Waals surface area contributed by atoms with Gasteiger partial charge in [-0.15, -0.1) is 11.8 Å². The summed E-state index contributed by atoms with van der Waals surface area (Å²) in [7, 11) is 0. The number of allylic oxidation sites excluding steroid dienone is 4. The normalized spacial score (nSPS) is 27.3. The zero-order chi connectivity index (χ0) is 6.97. The monoisotopic (exact) mass is 147 g/mol. The molecule has 10 heavy (non-hydrogen) atoms. The van der Waals surface area contributed by atoms with Gasteiger partial charge in [0.25, 0.3) is 0 Å². The first-order valence-electron chi connectivity index (χ1n) is 3.07. The molecule has 0 saturated heterocycles. The fourth-order valence-corrected chi connectivity index (χ4v) is 2.03. The molecular formula is C8H5NS. The Morgan fingerprint density at radius 2 is 2.50 bits per heavy atom. The number of hydrogen-bond donors (Lipinski definition) is 0. The van der Waals surface area contributed by atoms with Crippen LogP contribution in [0.5, 0.6) is 0 Å². The van der Waals surface area contributed by atoms with Crippen LogP contribution in [0, 0.1) is 11.3 Å². The van der Waals surface area contributed by atoms with Gasteiger partial charge in [-0.2, -0.15) is 5.26 Å². The van der Waals surface area contributed by atoms with Crippen LogP contribution in [-0.2, 0) is 0 Å². The zero-order valence-electron chi connectivity index (χ0n) is 5.24. The molecule has 0 N–H and O–H groups in total. The van der Waals surface area contributed by atoms with E-state index in [1.165, 1.54) is 10.5 Å². The van der Waals surface area contributed by atoms with Crippen LogP contribution in [0.3, 0.4) is 0 Å². The highest BCUT2D eigenvalue weighted by Gasteiger charge is 2.20. The van der Waals surface area contributed by atoms with Crippen LogP contribution >= 0.6 is 11.8 Å². The van der Waals surface area contributed by atoms with E-state index in [9.17, 15) is 0 Å². The molecule has 1 aliphatic carbocycles. The van der Waals surface area contributed by atoms with Gasteiger partial charge in [0.2, 0.25) is 0 Å². The van der Waals surface area contributed by atoms with E-state index in [2.05, 4.69) is 6.07 Å². The van der Waals surface area contributed by atoms with E-state index in [1.807, 2.05) is 24.3 Å². The van der Waals surface area contributed by atoms with Gasteiger partial charge in [-0.1, -0.05) is 12.2 Å². The van der Waals surface area contributed by atoms with Gasteiger partial charge in [-0.05, 0) is 17.7 Å². The lowest BCUT2D eigenvalue weighted by Crippen LogP contribution is -1.84. The number of hydrogen-bond acceptors (Lipinski definition) is 2. The van der Waals surface area contributed by atoms with Gasteiger partial charge in [0.05, 0.1) is 6.07 Å². The highest BCUT2D eigenvalue weighted by Crippen LogP contribution is 2.39. The van der Waals surface area contributed by atoms with Crippen molar-refractivity contribution in [3.8, 4) is 6.07 Å². The van der Waals surface area contributed by atoms with Crippen molar-refractivity contribution >= 4 is 11.8 Å². The first kappa shape index (κ1) is 5.82. The molecular weight excluding hydrogens is 142 g/mol. The van der Waals surface area contributed by atoms with Gasteiger partial charge in [0.15, 0.2) is 0 Å². The Morgan fingerprint density at radius 3 is 3.20 bits per heavy atom. The summed E-state index contributed by atoms with van der Waals surface area (Å²) in [5.74, 6) is 0. The maximum atomic E-state index is 8.55. The summed E-state index contributed by atoms with van der Waals surface area (Å²) in [4.78, 5) is 1.24. The summed E-state index contributed by atoms with van der Waals surface area (Å²) in [5.41, 5.74) is 1.22. The van der Waals surface area contributed by atoms with E-state index in [1.54, 1.807) is 11.8 Å². The molecule has 0 saturated carbocycles. The molecule has 1 aliphatic heterocycles. The van der Waals surface area contributed by atoms with E-state index in [4.69, 9.17) is 5.26 Å². The molecule has 48 valence electrons. The van der Waals surface area contributed by atoms with Crippen LogP contribution in [0.2, 0.25) is 0 Å². The minimum atomic E-state index is 0.0474. The van der Waals surface area contributed by atoms with Crippen LogP contribution in [0.25, 0.3) is 0 Å². The van der Waals surface area contributed by atoms with E-state index in [0.29, 0.717) is 0 Å². The molecule has 0 aromatic carbocycles. The molecule has 0 aromatic heterocycles. The summed E-state index contributed by atoms with van der Waals surface area (Å²) in [5, 5.41) is 8.60. The van der Waals surface area contributed by atoms with Crippen molar-refractivity contribution < 1.29 is 0 Å². The lowest BCUT2D eigenvalue weighted by Gasteiger charge is -1.91. The average molecular weight is 147 g/mol. The van der Waals surface area contributed by atoms with Crippen molar-refractivity contribution in [2.75, 3.05) is 0 Å². The third-order valence-electron chi connectivity index (χ3n) is 1.52. The summed E-state index contributed by atoms with van der Waals surface area (Å²) in [6.45, 7) is 0. The van der Waals surface area contributed by atoms with Crippen LogP contribution in [0.4, 0.5) is 0 Å². The lowest BCUT2D eigenvalue weighted by atomic mass is 10.2. The third-order valence-corrected chi connectivity index (χ3v) is 2.64. The topological polar surface area (TPSA) is 23.8 Å². The van der Waals surface area contributed by atoms with E-state index < -0.39 is 0 Å². The predicted molar refractivity (Wildman–Crippen MR) is 42.3 cm³/mol.